The average molecular weight is 292 g/mol. The molecule has 2 rings (SSSR count). The van der Waals surface area contributed by atoms with Crippen molar-refractivity contribution in [2.24, 2.45) is 0 Å². The minimum Gasteiger partial charge on any atom is -0.507 e. The fourth-order valence-electron chi connectivity index (χ4n) is 1.37. The lowest BCUT2D eigenvalue weighted by molar-refractivity contribution is 0.102. The molecule has 2 N–H and O–H groups in total. The maximum Gasteiger partial charge on any atom is 0.255 e. The number of rotatable bonds is 2. The van der Waals surface area contributed by atoms with Crippen molar-refractivity contribution in [1.29, 1.82) is 0 Å². The summed E-state index contributed by atoms with van der Waals surface area (Å²) in [5.41, 5.74) is 1.22. The molecule has 0 aliphatic rings. The summed E-state index contributed by atoms with van der Waals surface area (Å²) in [5, 5.41) is 12.1. The van der Waals surface area contributed by atoms with Gasteiger partial charge < -0.3 is 10.4 Å². The number of benzene rings is 2. The Labute approximate surface area is 107 Å². The molecule has 17 heavy (non-hydrogen) atoms. The Morgan fingerprint density at radius 3 is 2.47 bits per heavy atom. The van der Waals surface area contributed by atoms with Gasteiger partial charge in [-0.25, -0.2) is 0 Å². The SMILES string of the molecule is O=C(Nc1ccccc1)c1ccc(O)c(Br)c1. The van der Waals surface area contributed by atoms with Gasteiger partial charge in [0, 0.05) is 11.3 Å². The molecule has 0 saturated heterocycles. The van der Waals surface area contributed by atoms with E-state index in [4.69, 9.17) is 0 Å². The summed E-state index contributed by atoms with van der Waals surface area (Å²) in [7, 11) is 0. The van der Waals surface area contributed by atoms with Gasteiger partial charge >= 0.3 is 0 Å². The van der Waals surface area contributed by atoms with Crippen molar-refractivity contribution >= 4 is 27.5 Å². The highest BCUT2D eigenvalue weighted by Crippen LogP contribution is 2.24. The molecule has 0 aromatic heterocycles. The van der Waals surface area contributed by atoms with Gasteiger partial charge in [-0.3, -0.25) is 4.79 Å². The first-order valence-corrected chi connectivity index (χ1v) is 5.81. The summed E-state index contributed by atoms with van der Waals surface area (Å²) in [5.74, 6) is -0.0989. The number of phenolic OH excluding ortho intramolecular Hbond substituents is 1. The van der Waals surface area contributed by atoms with E-state index in [0.29, 0.717) is 10.0 Å². The Balaban J connectivity index is 2.18. The third-order valence-corrected chi connectivity index (χ3v) is 2.88. The zero-order chi connectivity index (χ0) is 12.3. The van der Waals surface area contributed by atoms with E-state index in [2.05, 4.69) is 21.2 Å². The molecule has 0 spiro atoms. The number of para-hydroxylation sites is 1. The van der Waals surface area contributed by atoms with Crippen LogP contribution in [0.5, 0.6) is 5.75 Å². The first kappa shape index (κ1) is 11.7. The maximum atomic E-state index is 11.9. The van der Waals surface area contributed by atoms with Crippen molar-refractivity contribution in [3.8, 4) is 5.75 Å². The molecule has 2 aromatic rings. The highest BCUT2D eigenvalue weighted by molar-refractivity contribution is 9.10. The van der Waals surface area contributed by atoms with Gasteiger partial charge in [-0.1, -0.05) is 18.2 Å². The first-order valence-electron chi connectivity index (χ1n) is 5.02. The Kier molecular flexibility index (Phi) is 3.44. The van der Waals surface area contributed by atoms with Crippen LogP contribution in [0, 0.1) is 0 Å². The Morgan fingerprint density at radius 1 is 1.12 bits per heavy atom. The van der Waals surface area contributed by atoms with Gasteiger partial charge in [0.15, 0.2) is 0 Å². The van der Waals surface area contributed by atoms with Crippen LogP contribution in [0.2, 0.25) is 0 Å². The molecule has 0 saturated carbocycles. The molecule has 3 nitrogen and oxygen atoms in total. The van der Waals surface area contributed by atoms with Crippen molar-refractivity contribution in [2.75, 3.05) is 5.32 Å². The summed E-state index contributed by atoms with van der Waals surface area (Å²) in [6, 6.07) is 13.8. The van der Waals surface area contributed by atoms with Crippen LogP contribution in [-0.2, 0) is 0 Å². The van der Waals surface area contributed by atoms with E-state index in [1.807, 2.05) is 30.3 Å². The van der Waals surface area contributed by atoms with Crippen molar-refractivity contribution in [3.05, 3.63) is 58.6 Å². The largest absolute Gasteiger partial charge is 0.507 e. The predicted molar refractivity (Wildman–Crippen MR) is 70.2 cm³/mol. The van der Waals surface area contributed by atoms with Gasteiger partial charge in [0.25, 0.3) is 5.91 Å². The second-order valence-corrected chi connectivity index (χ2v) is 4.34. The van der Waals surface area contributed by atoms with Gasteiger partial charge in [0.1, 0.15) is 5.75 Å². The molecule has 0 fully saturated rings. The zero-order valence-corrected chi connectivity index (χ0v) is 10.4. The molecular weight excluding hydrogens is 282 g/mol. The second kappa shape index (κ2) is 5.01. The van der Waals surface area contributed by atoms with Crippen LogP contribution in [0.25, 0.3) is 0 Å². The molecule has 0 bridgehead atoms. The quantitative estimate of drug-likeness (QED) is 0.891. The topological polar surface area (TPSA) is 49.3 Å². The molecule has 2 aromatic carbocycles. The van der Waals surface area contributed by atoms with Crippen molar-refractivity contribution < 1.29 is 9.90 Å². The Hall–Kier alpha value is -1.81. The molecule has 0 unspecified atom stereocenters. The molecule has 0 aliphatic carbocycles. The predicted octanol–water partition coefficient (Wildman–Crippen LogP) is 3.41. The average Bonchev–Trinajstić information content (AvgIpc) is 2.34. The van der Waals surface area contributed by atoms with Crippen LogP contribution < -0.4 is 5.32 Å². The highest BCUT2D eigenvalue weighted by Gasteiger charge is 2.08. The number of aromatic hydroxyl groups is 1. The zero-order valence-electron chi connectivity index (χ0n) is 8.85. The van der Waals surface area contributed by atoms with E-state index in [1.54, 1.807) is 12.1 Å². The van der Waals surface area contributed by atoms with Crippen LogP contribution >= 0.6 is 15.9 Å². The summed E-state index contributed by atoms with van der Waals surface area (Å²) in [6.07, 6.45) is 0. The number of halogens is 1. The Bertz CT molecular complexity index is 540. The number of amides is 1. The third kappa shape index (κ3) is 2.85. The molecule has 4 heteroatoms. The summed E-state index contributed by atoms with van der Waals surface area (Å²) < 4.78 is 0.498. The third-order valence-electron chi connectivity index (χ3n) is 2.24. The lowest BCUT2D eigenvalue weighted by Crippen LogP contribution is -2.11. The number of phenols is 1. The van der Waals surface area contributed by atoms with Crippen molar-refractivity contribution in [1.82, 2.24) is 0 Å². The van der Waals surface area contributed by atoms with Crippen molar-refractivity contribution in [2.45, 2.75) is 0 Å². The maximum absolute atomic E-state index is 11.9. The van der Waals surface area contributed by atoms with Gasteiger partial charge in [-0.2, -0.15) is 0 Å². The molecule has 86 valence electrons. The summed E-state index contributed by atoms with van der Waals surface area (Å²) >= 11 is 3.17. The number of anilines is 1. The van der Waals surface area contributed by atoms with Gasteiger partial charge in [-0.05, 0) is 46.3 Å². The molecule has 0 heterocycles. The smallest absolute Gasteiger partial charge is 0.255 e. The van der Waals surface area contributed by atoms with Crippen LogP contribution in [-0.4, -0.2) is 11.0 Å². The van der Waals surface area contributed by atoms with Gasteiger partial charge in [0.05, 0.1) is 4.47 Å². The van der Waals surface area contributed by atoms with Crippen LogP contribution in [0.15, 0.2) is 53.0 Å². The summed E-state index contributed by atoms with van der Waals surface area (Å²) in [6.45, 7) is 0. The lowest BCUT2D eigenvalue weighted by Gasteiger charge is -2.05. The second-order valence-electron chi connectivity index (χ2n) is 3.49. The first-order chi connectivity index (χ1) is 8.16. The standard InChI is InChI=1S/C13H10BrNO2/c14-11-8-9(6-7-12(11)16)13(17)15-10-4-2-1-3-5-10/h1-8,16H,(H,15,17). The van der Waals surface area contributed by atoms with E-state index in [9.17, 15) is 9.90 Å². The molecule has 1 amide bonds. The highest BCUT2D eigenvalue weighted by atomic mass is 79.9. The minimum absolute atomic E-state index is 0.112. The molecule has 0 radical (unpaired) electrons. The van der Waals surface area contributed by atoms with Crippen LogP contribution in [0.1, 0.15) is 10.4 Å². The minimum atomic E-state index is -0.211. The summed E-state index contributed by atoms with van der Waals surface area (Å²) in [4.78, 5) is 11.9. The fraction of sp³-hybridized carbons (Fsp3) is 0. The van der Waals surface area contributed by atoms with E-state index in [-0.39, 0.29) is 11.7 Å². The monoisotopic (exact) mass is 291 g/mol. The van der Waals surface area contributed by atoms with Crippen molar-refractivity contribution in [3.63, 3.8) is 0 Å². The van der Waals surface area contributed by atoms with Gasteiger partial charge in [0.2, 0.25) is 0 Å². The number of hydrogen-bond donors (Lipinski definition) is 2. The van der Waals surface area contributed by atoms with Crippen LogP contribution in [0.4, 0.5) is 5.69 Å². The van der Waals surface area contributed by atoms with E-state index >= 15 is 0 Å². The number of nitrogens with one attached hydrogen (secondary N) is 1. The number of carbonyl (C=O) groups is 1. The van der Waals surface area contributed by atoms with E-state index in [1.165, 1.54) is 6.07 Å². The van der Waals surface area contributed by atoms with E-state index < -0.39 is 0 Å². The van der Waals surface area contributed by atoms with Crippen LogP contribution in [0.3, 0.4) is 0 Å². The normalized spacial score (nSPS) is 9.94. The fourth-order valence-corrected chi connectivity index (χ4v) is 1.75. The number of carbonyl (C=O) groups excluding carboxylic acids is 1. The van der Waals surface area contributed by atoms with Gasteiger partial charge in [-0.15, -0.1) is 0 Å². The Morgan fingerprint density at radius 2 is 1.82 bits per heavy atom. The molecule has 0 aliphatic heterocycles. The number of hydrogen-bond acceptors (Lipinski definition) is 2. The molecular formula is C13H10BrNO2. The molecule has 0 atom stereocenters. The van der Waals surface area contributed by atoms with E-state index in [0.717, 1.165) is 5.69 Å². The lowest BCUT2D eigenvalue weighted by atomic mass is 10.2.